The van der Waals surface area contributed by atoms with Gasteiger partial charge in [0.25, 0.3) is 6.71 Å². The minimum absolute atomic E-state index is 0.0562. The van der Waals surface area contributed by atoms with E-state index in [-0.39, 0.29) is 6.71 Å². The highest BCUT2D eigenvalue weighted by molar-refractivity contribution is 7.25. The Bertz CT molecular complexity index is 2340. The maximum absolute atomic E-state index is 6.64. The first-order valence-corrected chi connectivity index (χ1v) is 14.6. The number of hydrogen-bond acceptors (Lipinski definition) is 4. The minimum atomic E-state index is 0.0562. The summed E-state index contributed by atoms with van der Waals surface area (Å²) in [5.41, 5.74) is 6.76. The van der Waals surface area contributed by atoms with Crippen molar-refractivity contribution in [2.75, 3.05) is 0 Å². The molecule has 0 atom stereocenters. The third-order valence-corrected chi connectivity index (χ3v) is 9.66. The molecule has 4 nitrogen and oxygen atoms in total. The number of para-hydroxylation sites is 3. The fraction of sp³-hybridized carbons (Fsp3) is 0. The van der Waals surface area contributed by atoms with Crippen LogP contribution < -0.4 is 25.9 Å². The number of fused-ring (bicyclic) bond motifs is 11. The van der Waals surface area contributed by atoms with Gasteiger partial charge in [-0.25, -0.2) is 4.98 Å². The van der Waals surface area contributed by atoms with Gasteiger partial charge in [0.1, 0.15) is 27.8 Å². The van der Waals surface area contributed by atoms with Crippen LogP contribution in [0.25, 0.3) is 47.8 Å². The molecule has 3 aromatic heterocycles. The first-order chi connectivity index (χ1) is 20.3. The van der Waals surface area contributed by atoms with Crippen LogP contribution in [0.2, 0.25) is 0 Å². The zero-order chi connectivity index (χ0) is 26.7. The number of pyridine rings is 1. The quantitative estimate of drug-likeness (QED) is 0.205. The molecule has 2 aliphatic heterocycles. The van der Waals surface area contributed by atoms with Crippen molar-refractivity contribution in [3.63, 3.8) is 0 Å². The van der Waals surface area contributed by atoms with Crippen LogP contribution in [-0.4, -0.2) is 16.3 Å². The average molecular weight is 542 g/mol. The molecule has 0 saturated heterocycles. The van der Waals surface area contributed by atoms with Gasteiger partial charge < -0.3 is 14.0 Å². The van der Waals surface area contributed by atoms with Crippen LogP contribution in [0.3, 0.4) is 0 Å². The molecule has 190 valence electrons. The summed E-state index contributed by atoms with van der Waals surface area (Å²) < 4.78 is 16.9. The first kappa shape index (κ1) is 21.7. The second-order valence-corrected chi connectivity index (χ2v) is 11.7. The van der Waals surface area contributed by atoms with Gasteiger partial charge in [0.05, 0.1) is 16.7 Å². The second kappa shape index (κ2) is 7.77. The third kappa shape index (κ3) is 2.82. The summed E-state index contributed by atoms with van der Waals surface area (Å²) in [6, 6.07) is 38.5. The number of ether oxygens (including phenoxy) is 2. The summed E-state index contributed by atoms with van der Waals surface area (Å²) in [5, 5.41) is 4.85. The lowest BCUT2D eigenvalue weighted by molar-refractivity contribution is 0.464. The monoisotopic (exact) mass is 542 g/mol. The van der Waals surface area contributed by atoms with Crippen LogP contribution in [0.5, 0.6) is 23.0 Å². The molecule has 0 unspecified atom stereocenters. The molecule has 0 amide bonds. The van der Waals surface area contributed by atoms with Crippen molar-refractivity contribution in [3.05, 3.63) is 115 Å². The molecule has 5 aromatic carbocycles. The van der Waals surface area contributed by atoms with Gasteiger partial charge in [-0.3, -0.25) is 0 Å². The van der Waals surface area contributed by atoms with E-state index in [0.29, 0.717) is 0 Å². The summed E-state index contributed by atoms with van der Waals surface area (Å²) >= 11 is 1.74. The van der Waals surface area contributed by atoms with Crippen molar-refractivity contribution in [1.82, 2.24) is 9.55 Å². The fourth-order valence-corrected chi connectivity index (χ4v) is 7.97. The molecule has 41 heavy (non-hydrogen) atoms. The van der Waals surface area contributed by atoms with E-state index >= 15 is 0 Å². The Morgan fingerprint density at radius 1 is 0.634 bits per heavy atom. The number of thiophene rings is 1. The van der Waals surface area contributed by atoms with Crippen LogP contribution >= 0.6 is 11.3 Å². The Labute approximate surface area is 239 Å². The molecule has 0 bridgehead atoms. The molecule has 0 N–H and O–H groups in total. The van der Waals surface area contributed by atoms with Crippen molar-refractivity contribution in [2.24, 2.45) is 0 Å². The lowest BCUT2D eigenvalue weighted by atomic mass is 9.35. The lowest BCUT2D eigenvalue weighted by Crippen LogP contribution is -2.57. The Morgan fingerprint density at radius 2 is 1.32 bits per heavy atom. The van der Waals surface area contributed by atoms with Gasteiger partial charge >= 0.3 is 0 Å². The average Bonchev–Trinajstić information content (AvgIpc) is 3.56. The number of nitrogens with zero attached hydrogens (tertiary/aromatic N) is 2. The molecule has 0 spiro atoms. The summed E-state index contributed by atoms with van der Waals surface area (Å²) in [6.45, 7) is 0.0562. The smallest absolute Gasteiger partial charge is 0.260 e. The van der Waals surface area contributed by atoms with Crippen molar-refractivity contribution in [3.8, 4) is 28.7 Å². The van der Waals surface area contributed by atoms with Crippen LogP contribution in [-0.2, 0) is 0 Å². The van der Waals surface area contributed by atoms with Crippen LogP contribution in [0.4, 0.5) is 0 Å². The van der Waals surface area contributed by atoms with Crippen molar-refractivity contribution in [2.45, 2.75) is 0 Å². The normalized spacial score (nSPS) is 13.2. The molecule has 5 heterocycles. The first-order valence-electron chi connectivity index (χ1n) is 13.7. The third-order valence-electron chi connectivity index (χ3n) is 8.58. The van der Waals surface area contributed by atoms with E-state index < -0.39 is 0 Å². The molecule has 10 rings (SSSR count). The van der Waals surface area contributed by atoms with E-state index in [1.165, 1.54) is 42.7 Å². The summed E-state index contributed by atoms with van der Waals surface area (Å²) in [7, 11) is 0. The van der Waals surface area contributed by atoms with Crippen molar-refractivity contribution >= 4 is 76.5 Å². The SMILES string of the molecule is c1ccc2c(c1)Oc1cc(-n3c4ccccc4c4ccc5sc6ncccc6c5c43)cc3c1B2c1ccccc1O3. The number of benzene rings is 5. The van der Waals surface area contributed by atoms with E-state index in [9.17, 15) is 0 Å². The van der Waals surface area contributed by atoms with E-state index in [4.69, 9.17) is 14.5 Å². The summed E-state index contributed by atoms with van der Waals surface area (Å²) in [6.07, 6.45) is 1.87. The molecule has 0 radical (unpaired) electrons. The summed E-state index contributed by atoms with van der Waals surface area (Å²) in [5.74, 6) is 3.46. The molecule has 0 fully saturated rings. The Morgan fingerprint density at radius 3 is 2.10 bits per heavy atom. The van der Waals surface area contributed by atoms with Gasteiger partial charge in [0.15, 0.2) is 0 Å². The lowest BCUT2D eigenvalue weighted by Gasteiger charge is -2.33. The van der Waals surface area contributed by atoms with Crippen LogP contribution in [0.15, 0.2) is 115 Å². The molecular weight excluding hydrogens is 523 g/mol. The highest BCUT2D eigenvalue weighted by atomic mass is 32.1. The van der Waals surface area contributed by atoms with Gasteiger partial charge in [-0.05, 0) is 47.3 Å². The predicted octanol–water partition coefficient (Wildman–Crippen LogP) is 7.27. The van der Waals surface area contributed by atoms with E-state index in [1.807, 2.05) is 24.4 Å². The largest absolute Gasteiger partial charge is 0.458 e. The highest BCUT2D eigenvalue weighted by Crippen LogP contribution is 2.44. The Kier molecular flexibility index (Phi) is 4.12. The molecule has 0 aliphatic carbocycles. The Balaban J connectivity index is 1.34. The van der Waals surface area contributed by atoms with Gasteiger partial charge in [0, 0.05) is 50.0 Å². The van der Waals surface area contributed by atoms with Crippen molar-refractivity contribution in [1.29, 1.82) is 0 Å². The zero-order valence-corrected chi connectivity index (χ0v) is 22.5. The minimum Gasteiger partial charge on any atom is -0.458 e. The molecule has 2 aliphatic rings. The fourth-order valence-electron chi connectivity index (χ4n) is 6.93. The highest BCUT2D eigenvalue weighted by Gasteiger charge is 2.40. The maximum Gasteiger partial charge on any atom is 0.260 e. The van der Waals surface area contributed by atoms with Crippen LogP contribution in [0, 0.1) is 0 Å². The Hall–Kier alpha value is -5.07. The number of aromatic nitrogens is 2. The van der Waals surface area contributed by atoms with Gasteiger partial charge in [-0.15, -0.1) is 11.3 Å². The zero-order valence-electron chi connectivity index (χ0n) is 21.7. The second-order valence-electron chi connectivity index (χ2n) is 10.7. The van der Waals surface area contributed by atoms with E-state index in [2.05, 4.69) is 95.6 Å². The van der Waals surface area contributed by atoms with E-state index in [0.717, 1.165) is 44.5 Å². The summed E-state index contributed by atoms with van der Waals surface area (Å²) in [4.78, 5) is 5.75. The number of rotatable bonds is 1. The molecule has 0 saturated carbocycles. The maximum atomic E-state index is 6.64. The van der Waals surface area contributed by atoms with Crippen LogP contribution in [0.1, 0.15) is 0 Å². The number of hydrogen-bond donors (Lipinski definition) is 0. The van der Waals surface area contributed by atoms with Gasteiger partial charge in [-0.1, -0.05) is 60.7 Å². The molecule has 8 aromatic rings. The van der Waals surface area contributed by atoms with Crippen molar-refractivity contribution < 1.29 is 9.47 Å². The van der Waals surface area contributed by atoms with Gasteiger partial charge in [-0.2, -0.15) is 0 Å². The topological polar surface area (TPSA) is 36.3 Å². The van der Waals surface area contributed by atoms with E-state index in [1.54, 1.807) is 11.3 Å². The van der Waals surface area contributed by atoms with Gasteiger partial charge in [0.2, 0.25) is 0 Å². The predicted molar refractivity (Wildman–Crippen MR) is 169 cm³/mol. The standard InChI is InChI=1S/C35H19BN2O2S/c1-4-12-26-21(8-1)22-15-16-31-32(23-9-7-17-37-35(23)41-31)34(22)38(26)20-18-29-33-30(19-20)40-28-14-6-3-11-25(28)36(33)24-10-2-5-13-27(24)39-29/h1-19H. The molecular formula is C35H19BN2O2S. The molecule has 6 heteroatoms.